The standard InChI is InChI=1S/C27H37FN2O3/c1-26(2,19-30(3)4)18-29-25(31)27(11-13-33-14-12-27)17-20-7-6-8-21(15-20)23-16-22(28)9-10-24(23)32-5/h6-10,15-16H,11-14,17-19H2,1-5H3,(H,29,31). The first-order valence-electron chi connectivity index (χ1n) is 11.6. The van der Waals surface area contributed by atoms with Crippen molar-refractivity contribution in [3.05, 3.63) is 53.8 Å². The Morgan fingerprint density at radius 1 is 1.18 bits per heavy atom. The number of halogens is 1. The molecule has 0 radical (unpaired) electrons. The summed E-state index contributed by atoms with van der Waals surface area (Å²) in [6.45, 7) is 6.99. The fourth-order valence-electron chi connectivity index (χ4n) is 4.81. The second kappa shape index (κ2) is 10.7. The minimum Gasteiger partial charge on any atom is -0.496 e. The molecule has 1 N–H and O–H groups in total. The number of methoxy groups -OCH3 is 1. The van der Waals surface area contributed by atoms with Gasteiger partial charge in [-0.1, -0.05) is 38.1 Å². The number of nitrogens with zero attached hydrogens (tertiary/aromatic N) is 1. The van der Waals surface area contributed by atoms with Crippen LogP contribution in [-0.4, -0.2) is 58.3 Å². The molecular formula is C27H37FN2O3. The molecule has 2 aromatic rings. The molecule has 1 heterocycles. The van der Waals surface area contributed by atoms with Gasteiger partial charge in [-0.15, -0.1) is 0 Å². The molecule has 3 rings (SSSR count). The van der Waals surface area contributed by atoms with Crippen molar-refractivity contribution in [3.8, 4) is 16.9 Å². The highest BCUT2D eigenvalue weighted by Gasteiger charge is 2.40. The second-order valence-corrected chi connectivity index (χ2v) is 10.2. The maximum atomic E-state index is 13.9. The van der Waals surface area contributed by atoms with Gasteiger partial charge in [0.25, 0.3) is 0 Å². The van der Waals surface area contributed by atoms with Crippen molar-refractivity contribution in [2.45, 2.75) is 33.1 Å². The maximum Gasteiger partial charge on any atom is 0.226 e. The van der Waals surface area contributed by atoms with Gasteiger partial charge in [-0.05, 0) is 68.1 Å². The SMILES string of the molecule is COc1ccc(F)cc1-c1cccc(CC2(C(=O)NCC(C)(C)CN(C)C)CCOCC2)c1. The molecule has 1 amide bonds. The van der Waals surface area contributed by atoms with Crippen molar-refractivity contribution >= 4 is 5.91 Å². The number of ether oxygens (including phenoxy) is 2. The van der Waals surface area contributed by atoms with Crippen LogP contribution in [-0.2, 0) is 16.0 Å². The van der Waals surface area contributed by atoms with Crippen molar-refractivity contribution < 1.29 is 18.7 Å². The van der Waals surface area contributed by atoms with Crippen LogP contribution in [0.4, 0.5) is 4.39 Å². The number of hydrogen-bond acceptors (Lipinski definition) is 4. The lowest BCUT2D eigenvalue weighted by Crippen LogP contribution is -2.49. The number of carbonyl (C=O) groups excluding carboxylic acids is 1. The van der Waals surface area contributed by atoms with E-state index >= 15 is 0 Å². The third-order valence-corrected chi connectivity index (χ3v) is 6.35. The largest absolute Gasteiger partial charge is 0.496 e. The van der Waals surface area contributed by atoms with E-state index in [0.717, 1.165) is 17.7 Å². The Kier molecular flexibility index (Phi) is 8.14. The minimum atomic E-state index is -0.517. The Morgan fingerprint density at radius 2 is 1.91 bits per heavy atom. The summed E-state index contributed by atoms with van der Waals surface area (Å²) < 4.78 is 25.0. The number of hydrogen-bond donors (Lipinski definition) is 1. The zero-order valence-corrected chi connectivity index (χ0v) is 20.5. The monoisotopic (exact) mass is 456 g/mol. The molecule has 0 atom stereocenters. The van der Waals surface area contributed by atoms with Crippen LogP contribution in [0, 0.1) is 16.6 Å². The van der Waals surface area contributed by atoms with Gasteiger partial charge >= 0.3 is 0 Å². The lowest BCUT2D eigenvalue weighted by molar-refractivity contribution is -0.137. The van der Waals surface area contributed by atoms with Gasteiger partial charge in [0.2, 0.25) is 5.91 Å². The first-order valence-corrected chi connectivity index (χ1v) is 11.6. The first kappa shape index (κ1) is 25.2. The van der Waals surface area contributed by atoms with Gasteiger partial charge in [-0.25, -0.2) is 4.39 Å². The van der Waals surface area contributed by atoms with Crippen molar-refractivity contribution in [1.82, 2.24) is 10.2 Å². The summed E-state index contributed by atoms with van der Waals surface area (Å²) in [5.74, 6) is 0.401. The van der Waals surface area contributed by atoms with Crippen LogP contribution in [0.2, 0.25) is 0 Å². The molecule has 180 valence electrons. The predicted octanol–water partition coefficient (Wildman–Crippen LogP) is 4.54. The van der Waals surface area contributed by atoms with E-state index in [9.17, 15) is 9.18 Å². The normalized spacial score (nSPS) is 16.0. The molecule has 0 bridgehead atoms. The van der Waals surface area contributed by atoms with Gasteiger partial charge in [0.15, 0.2) is 0 Å². The summed E-state index contributed by atoms with van der Waals surface area (Å²) in [5, 5.41) is 3.24. The summed E-state index contributed by atoms with van der Waals surface area (Å²) in [5.41, 5.74) is 2.08. The summed E-state index contributed by atoms with van der Waals surface area (Å²) in [6.07, 6.45) is 1.97. The van der Waals surface area contributed by atoms with Gasteiger partial charge in [0.1, 0.15) is 11.6 Å². The molecule has 2 aromatic carbocycles. The highest BCUT2D eigenvalue weighted by Crippen LogP contribution is 2.37. The van der Waals surface area contributed by atoms with E-state index in [1.807, 2.05) is 38.4 Å². The quantitative estimate of drug-likeness (QED) is 0.602. The van der Waals surface area contributed by atoms with Gasteiger partial charge in [0.05, 0.1) is 12.5 Å². The smallest absolute Gasteiger partial charge is 0.226 e. The molecule has 0 spiro atoms. The van der Waals surface area contributed by atoms with Gasteiger partial charge in [0, 0.05) is 31.9 Å². The molecular weight excluding hydrogens is 419 g/mol. The highest BCUT2D eigenvalue weighted by atomic mass is 19.1. The van der Waals surface area contributed by atoms with Crippen LogP contribution in [0.25, 0.3) is 11.1 Å². The highest BCUT2D eigenvalue weighted by molar-refractivity contribution is 5.83. The summed E-state index contributed by atoms with van der Waals surface area (Å²) in [4.78, 5) is 15.6. The number of nitrogens with one attached hydrogen (secondary N) is 1. The van der Waals surface area contributed by atoms with Crippen LogP contribution < -0.4 is 10.1 Å². The van der Waals surface area contributed by atoms with E-state index in [-0.39, 0.29) is 17.1 Å². The average Bonchev–Trinajstić information content (AvgIpc) is 2.77. The number of carbonyl (C=O) groups is 1. The average molecular weight is 457 g/mol. The zero-order chi connectivity index (χ0) is 24.1. The zero-order valence-electron chi connectivity index (χ0n) is 20.5. The van der Waals surface area contributed by atoms with E-state index < -0.39 is 5.41 Å². The van der Waals surface area contributed by atoms with Crippen LogP contribution >= 0.6 is 0 Å². The molecule has 1 aliphatic heterocycles. The van der Waals surface area contributed by atoms with E-state index in [4.69, 9.17) is 9.47 Å². The molecule has 33 heavy (non-hydrogen) atoms. The Hall–Kier alpha value is -2.44. The molecule has 0 saturated carbocycles. The first-order chi connectivity index (χ1) is 15.6. The molecule has 0 unspecified atom stereocenters. The molecule has 6 heteroatoms. The fourth-order valence-corrected chi connectivity index (χ4v) is 4.81. The van der Waals surface area contributed by atoms with Crippen molar-refractivity contribution in [2.75, 3.05) is 47.5 Å². The minimum absolute atomic E-state index is 0.0284. The molecule has 1 aliphatic rings. The Bertz CT molecular complexity index is 952. The van der Waals surface area contributed by atoms with Gasteiger partial charge in [-0.3, -0.25) is 4.79 Å². The summed E-state index contributed by atoms with van der Waals surface area (Å²) in [6, 6.07) is 12.5. The topological polar surface area (TPSA) is 50.8 Å². The molecule has 0 aromatic heterocycles. The van der Waals surface area contributed by atoms with Crippen LogP contribution in [0.1, 0.15) is 32.3 Å². The fraction of sp³-hybridized carbons (Fsp3) is 0.519. The number of rotatable bonds is 9. The molecule has 5 nitrogen and oxygen atoms in total. The van der Waals surface area contributed by atoms with Crippen LogP contribution in [0.15, 0.2) is 42.5 Å². The number of amides is 1. The predicted molar refractivity (Wildman–Crippen MR) is 130 cm³/mol. The van der Waals surface area contributed by atoms with E-state index in [1.54, 1.807) is 13.2 Å². The van der Waals surface area contributed by atoms with Gasteiger partial charge < -0.3 is 19.7 Å². The summed E-state index contributed by atoms with van der Waals surface area (Å²) in [7, 11) is 5.67. The van der Waals surface area contributed by atoms with Crippen LogP contribution in [0.3, 0.4) is 0 Å². The molecule has 1 fully saturated rings. The number of benzene rings is 2. The van der Waals surface area contributed by atoms with E-state index in [0.29, 0.717) is 50.3 Å². The molecule has 1 saturated heterocycles. The van der Waals surface area contributed by atoms with Crippen molar-refractivity contribution in [2.24, 2.45) is 10.8 Å². The van der Waals surface area contributed by atoms with Crippen molar-refractivity contribution in [1.29, 1.82) is 0 Å². The molecule has 0 aliphatic carbocycles. The Morgan fingerprint density at radius 3 is 2.58 bits per heavy atom. The lowest BCUT2D eigenvalue weighted by Gasteiger charge is -2.37. The van der Waals surface area contributed by atoms with Crippen LogP contribution in [0.5, 0.6) is 5.75 Å². The summed E-state index contributed by atoms with van der Waals surface area (Å²) >= 11 is 0. The van der Waals surface area contributed by atoms with Crippen molar-refractivity contribution in [3.63, 3.8) is 0 Å². The van der Waals surface area contributed by atoms with E-state index in [1.165, 1.54) is 12.1 Å². The third-order valence-electron chi connectivity index (χ3n) is 6.35. The second-order valence-electron chi connectivity index (χ2n) is 10.2. The maximum absolute atomic E-state index is 13.9. The Balaban J connectivity index is 1.83. The van der Waals surface area contributed by atoms with E-state index in [2.05, 4.69) is 24.1 Å². The van der Waals surface area contributed by atoms with Gasteiger partial charge in [-0.2, -0.15) is 0 Å². The lowest BCUT2D eigenvalue weighted by atomic mass is 9.74. The third kappa shape index (κ3) is 6.55. The Labute approximate surface area is 197 Å².